The van der Waals surface area contributed by atoms with Gasteiger partial charge in [-0.05, 0) is 24.8 Å². The highest BCUT2D eigenvalue weighted by molar-refractivity contribution is 5.18. The summed E-state index contributed by atoms with van der Waals surface area (Å²) in [5.41, 5.74) is 1.45. The SMILES string of the molecule is CC=CCOO.CCC(C)c1ccccc1. The largest absolute Gasteiger partial charge is 0.252 e. The lowest BCUT2D eigenvalue weighted by molar-refractivity contribution is -0.231. The van der Waals surface area contributed by atoms with E-state index in [4.69, 9.17) is 5.26 Å². The van der Waals surface area contributed by atoms with Crippen LogP contribution in [-0.4, -0.2) is 11.9 Å². The molecule has 1 atom stereocenters. The van der Waals surface area contributed by atoms with E-state index in [-0.39, 0.29) is 6.61 Å². The molecule has 0 amide bonds. The Morgan fingerprint density at radius 2 is 1.94 bits per heavy atom. The van der Waals surface area contributed by atoms with Crippen LogP contribution in [0.2, 0.25) is 0 Å². The van der Waals surface area contributed by atoms with Crippen molar-refractivity contribution in [3.05, 3.63) is 48.0 Å². The van der Waals surface area contributed by atoms with Crippen LogP contribution in [0.15, 0.2) is 42.5 Å². The third kappa shape index (κ3) is 7.21. The number of allylic oxidation sites excluding steroid dienone is 1. The van der Waals surface area contributed by atoms with Gasteiger partial charge in [0.1, 0.15) is 6.61 Å². The summed E-state index contributed by atoms with van der Waals surface area (Å²) < 4.78 is 0. The number of hydrogen-bond donors (Lipinski definition) is 1. The number of rotatable bonds is 4. The van der Waals surface area contributed by atoms with Crippen molar-refractivity contribution in [1.29, 1.82) is 0 Å². The molecule has 2 heteroatoms. The van der Waals surface area contributed by atoms with E-state index in [1.807, 2.05) is 6.92 Å². The summed E-state index contributed by atoms with van der Waals surface area (Å²) >= 11 is 0. The smallest absolute Gasteiger partial charge is 0.100 e. The molecule has 0 spiro atoms. The summed E-state index contributed by atoms with van der Waals surface area (Å²) in [4.78, 5) is 3.70. The molecule has 1 unspecified atom stereocenters. The molecule has 0 aliphatic rings. The van der Waals surface area contributed by atoms with Crippen LogP contribution in [0.4, 0.5) is 0 Å². The van der Waals surface area contributed by atoms with Crippen LogP contribution >= 0.6 is 0 Å². The van der Waals surface area contributed by atoms with E-state index >= 15 is 0 Å². The van der Waals surface area contributed by atoms with Crippen molar-refractivity contribution in [2.75, 3.05) is 6.61 Å². The van der Waals surface area contributed by atoms with Crippen molar-refractivity contribution in [2.24, 2.45) is 0 Å². The van der Waals surface area contributed by atoms with Gasteiger partial charge >= 0.3 is 0 Å². The first-order valence-corrected chi connectivity index (χ1v) is 5.68. The first-order valence-electron chi connectivity index (χ1n) is 5.68. The number of benzene rings is 1. The Bertz CT molecular complexity index is 267. The van der Waals surface area contributed by atoms with E-state index in [1.165, 1.54) is 12.0 Å². The maximum Gasteiger partial charge on any atom is 0.100 e. The summed E-state index contributed by atoms with van der Waals surface area (Å²) in [6.45, 7) is 6.63. The van der Waals surface area contributed by atoms with E-state index in [0.717, 1.165) is 0 Å². The lowest BCUT2D eigenvalue weighted by atomic mass is 9.99. The zero-order valence-electron chi connectivity index (χ0n) is 10.4. The molecule has 0 fully saturated rings. The van der Waals surface area contributed by atoms with Gasteiger partial charge in [0, 0.05) is 0 Å². The lowest BCUT2D eigenvalue weighted by Crippen LogP contribution is -1.88. The summed E-state index contributed by atoms with van der Waals surface area (Å²) in [7, 11) is 0. The molecule has 1 aromatic carbocycles. The summed E-state index contributed by atoms with van der Waals surface area (Å²) in [6, 6.07) is 10.6. The second-order valence-corrected chi connectivity index (χ2v) is 3.58. The molecule has 16 heavy (non-hydrogen) atoms. The Labute approximate surface area is 98.5 Å². The molecule has 0 saturated carbocycles. The summed E-state index contributed by atoms with van der Waals surface area (Å²) in [5, 5.41) is 7.65. The van der Waals surface area contributed by atoms with Crippen molar-refractivity contribution < 1.29 is 10.1 Å². The molecular weight excluding hydrogens is 200 g/mol. The zero-order valence-corrected chi connectivity index (χ0v) is 10.4. The molecule has 90 valence electrons. The van der Waals surface area contributed by atoms with E-state index in [9.17, 15) is 0 Å². The van der Waals surface area contributed by atoms with Crippen LogP contribution in [0.25, 0.3) is 0 Å². The molecule has 1 aromatic rings. The quantitative estimate of drug-likeness (QED) is 0.469. The third-order valence-corrected chi connectivity index (χ3v) is 2.39. The molecule has 1 N–H and O–H groups in total. The zero-order chi connectivity index (χ0) is 12.2. The molecule has 0 aliphatic heterocycles. The van der Waals surface area contributed by atoms with Crippen molar-refractivity contribution >= 4 is 0 Å². The highest BCUT2D eigenvalue weighted by Gasteiger charge is 1.98. The van der Waals surface area contributed by atoms with Crippen molar-refractivity contribution in [2.45, 2.75) is 33.1 Å². The Balaban J connectivity index is 0.000000325. The minimum Gasteiger partial charge on any atom is -0.252 e. The molecule has 0 bridgehead atoms. The highest BCUT2D eigenvalue weighted by Crippen LogP contribution is 2.16. The predicted octanol–water partition coefficient (Wildman–Crippen LogP) is 4.25. The number of hydrogen-bond acceptors (Lipinski definition) is 2. The van der Waals surface area contributed by atoms with Gasteiger partial charge in [0.15, 0.2) is 0 Å². The normalized spacial score (nSPS) is 12.0. The average molecular weight is 222 g/mol. The van der Waals surface area contributed by atoms with Gasteiger partial charge < -0.3 is 0 Å². The second-order valence-electron chi connectivity index (χ2n) is 3.58. The fourth-order valence-electron chi connectivity index (χ4n) is 1.16. The molecule has 0 saturated heterocycles. The minimum atomic E-state index is 0.288. The third-order valence-electron chi connectivity index (χ3n) is 2.39. The first kappa shape index (κ1) is 14.9. The monoisotopic (exact) mass is 222 g/mol. The van der Waals surface area contributed by atoms with E-state index in [1.54, 1.807) is 12.2 Å². The van der Waals surface area contributed by atoms with Crippen LogP contribution in [0.3, 0.4) is 0 Å². The molecule has 0 aliphatic carbocycles. The Kier molecular flexibility index (Phi) is 9.67. The average Bonchev–Trinajstić information content (AvgIpc) is 2.37. The van der Waals surface area contributed by atoms with Gasteiger partial charge in [0.05, 0.1) is 0 Å². The Morgan fingerprint density at radius 3 is 2.31 bits per heavy atom. The molecule has 0 heterocycles. The maximum absolute atomic E-state index is 7.65. The Morgan fingerprint density at radius 1 is 1.31 bits per heavy atom. The molecule has 1 rings (SSSR count). The molecule has 0 radical (unpaired) electrons. The molecule has 2 nitrogen and oxygen atoms in total. The van der Waals surface area contributed by atoms with Gasteiger partial charge in [-0.2, -0.15) is 0 Å². The van der Waals surface area contributed by atoms with Gasteiger partial charge in [0.25, 0.3) is 0 Å². The fourth-order valence-corrected chi connectivity index (χ4v) is 1.16. The summed E-state index contributed by atoms with van der Waals surface area (Å²) in [6.07, 6.45) is 4.74. The van der Waals surface area contributed by atoms with Gasteiger partial charge in [-0.15, -0.1) is 0 Å². The van der Waals surface area contributed by atoms with E-state index in [2.05, 4.69) is 49.1 Å². The van der Waals surface area contributed by atoms with Crippen LogP contribution in [0.1, 0.15) is 38.7 Å². The van der Waals surface area contributed by atoms with Crippen molar-refractivity contribution in [3.63, 3.8) is 0 Å². The van der Waals surface area contributed by atoms with Crippen LogP contribution in [0, 0.1) is 0 Å². The predicted molar refractivity (Wildman–Crippen MR) is 68.5 cm³/mol. The van der Waals surface area contributed by atoms with E-state index < -0.39 is 0 Å². The molecular formula is C14H22O2. The maximum atomic E-state index is 7.65. The fraction of sp³-hybridized carbons (Fsp3) is 0.429. The molecule has 0 aromatic heterocycles. The topological polar surface area (TPSA) is 29.5 Å². The Hall–Kier alpha value is -1.12. The van der Waals surface area contributed by atoms with Crippen LogP contribution in [0.5, 0.6) is 0 Å². The second kappa shape index (κ2) is 10.4. The van der Waals surface area contributed by atoms with Crippen molar-refractivity contribution in [1.82, 2.24) is 0 Å². The lowest BCUT2D eigenvalue weighted by Gasteiger charge is -2.06. The standard InChI is InChI=1S/C10H14.C4H8O2/c1-3-9(2)10-7-5-4-6-8-10;1-2-3-4-6-5/h4-9H,3H2,1-2H3;2-3,5H,4H2,1H3. The van der Waals surface area contributed by atoms with E-state index in [0.29, 0.717) is 5.92 Å². The van der Waals surface area contributed by atoms with Gasteiger partial charge in [0.2, 0.25) is 0 Å². The van der Waals surface area contributed by atoms with Gasteiger partial charge in [-0.25, -0.2) is 4.89 Å². The van der Waals surface area contributed by atoms with Gasteiger partial charge in [-0.3, -0.25) is 5.26 Å². The van der Waals surface area contributed by atoms with Crippen LogP contribution in [-0.2, 0) is 4.89 Å². The van der Waals surface area contributed by atoms with Crippen molar-refractivity contribution in [3.8, 4) is 0 Å². The van der Waals surface area contributed by atoms with Gasteiger partial charge in [-0.1, -0.05) is 56.3 Å². The first-order chi connectivity index (χ1) is 7.76. The minimum absolute atomic E-state index is 0.288. The van der Waals surface area contributed by atoms with Crippen LogP contribution < -0.4 is 0 Å². The highest BCUT2D eigenvalue weighted by atomic mass is 17.1. The summed E-state index contributed by atoms with van der Waals surface area (Å²) in [5.74, 6) is 0.709.